The van der Waals surface area contributed by atoms with Crippen LogP contribution in [-0.2, 0) is 21.4 Å². The van der Waals surface area contributed by atoms with Crippen LogP contribution < -0.4 is 10.5 Å². The maximum absolute atomic E-state index is 12.6. The number of rotatable bonds is 8. The van der Waals surface area contributed by atoms with E-state index in [2.05, 4.69) is 17.2 Å². The third kappa shape index (κ3) is 5.52. The summed E-state index contributed by atoms with van der Waals surface area (Å²) in [4.78, 5) is 17.2. The van der Waals surface area contributed by atoms with Gasteiger partial charge in [0, 0.05) is 13.1 Å². The second-order valence-corrected chi connectivity index (χ2v) is 10.6. The second-order valence-electron chi connectivity index (χ2n) is 7.75. The number of aryl methyl sites for hydroxylation is 1. The van der Waals surface area contributed by atoms with Gasteiger partial charge < -0.3 is 9.88 Å². The Bertz CT molecular complexity index is 966. The maximum atomic E-state index is 12.6. The molecule has 1 unspecified atom stereocenters. The Kier molecular flexibility index (Phi) is 7.23. The van der Waals surface area contributed by atoms with Crippen LogP contribution in [-0.4, -0.2) is 35.7 Å². The molecule has 0 aliphatic heterocycles. The average Bonchev–Trinajstić information content (AvgIpc) is 3.03. The van der Waals surface area contributed by atoms with Crippen molar-refractivity contribution in [2.75, 3.05) is 6.54 Å². The molecule has 160 valence electrons. The van der Waals surface area contributed by atoms with Crippen molar-refractivity contribution < 1.29 is 13.2 Å². The van der Waals surface area contributed by atoms with E-state index in [-0.39, 0.29) is 16.1 Å². The second kappa shape index (κ2) is 9.49. The molecule has 1 atom stereocenters. The highest BCUT2D eigenvalue weighted by Gasteiger charge is 2.21. The normalized spacial score (nSPS) is 16.8. The van der Waals surface area contributed by atoms with Gasteiger partial charge in [0.25, 0.3) is 0 Å². The molecule has 1 aromatic heterocycles. The fourth-order valence-corrected chi connectivity index (χ4v) is 5.29. The number of primary sulfonamides is 1. The van der Waals surface area contributed by atoms with Crippen LogP contribution in [0.15, 0.2) is 28.3 Å². The highest BCUT2D eigenvalue weighted by molar-refractivity contribution is 8.00. The van der Waals surface area contributed by atoms with E-state index >= 15 is 0 Å². The lowest BCUT2D eigenvalue weighted by molar-refractivity contribution is -0.120. The average molecular weight is 439 g/mol. The topological polar surface area (TPSA) is 107 Å². The lowest BCUT2D eigenvalue weighted by Gasteiger charge is -2.22. The number of nitrogens with zero attached hydrogens (tertiary/aromatic N) is 2. The third-order valence-corrected chi connectivity index (χ3v) is 7.40. The number of aromatic nitrogens is 2. The van der Waals surface area contributed by atoms with E-state index in [1.807, 2.05) is 11.5 Å². The van der Waals surface area contributed by atoms with Crippen molar-refractivity contribution in [3.63, 3.8) is 0 Å². The summed E-state index contributed by atoms with van der Waals surface area (Å²) in [6.45, 7) is 5.43. The fraction of sp³-hybridized carbons (Fsp3) is 0.600. The van der Waals surface area contributed by atoms with Crippen LogP contribution in [0.5, 0.6) is 0 Å². The Morgan fingerprint density at radius 3 is 2.72 bits per heavy atom. The molecule has 0 saturated heterocycles. The Balaban J connectivity index is 1.74. The highest BCUT2D eigenvalue weighted by atomic mass is 32.2. The van der Waals surface area contributed by atoms with Crippen LogP contribution in [0.25, 0.3) is 11.0 Å². The highest BCUT2D eigenvalue weighted by Crippen LogP contribution is 2.29. The Morgan fingerprint density at radius 1 is 1.34 bits per heavy atom. The molecule has 0 spiro atoms. The number of benzene rings is 1. The summed E-state index contributed by atoms with van der Waals surface area (Å²) in [5.74, 6) is 0.604. The van der Waals surface area contributed by atoms with E-state index in [1.54, 1.807) is 6.07 Å². The monoisotopic (exact) mass is 438 g/mol. The summed E-state index contributed by atoms with van der Waals surface area (Å²) in [7, 11) is -3.78. The number of hydrogen-bond acceptors (Lipinski definition) is 5. The van der Waals surface area contributed by atoms with Crippen LogP contribution in [0.2, 0.25) is 0 Å². The first-order chi connectivity index (χ1) is 13.8. The molecule has 1 aromatic carbocycles. The molecule has 1 fully saturated rings. The first kappa shape index (κ1) is 22.1. The van der Waals surface area contributed by atoms with Gasteiger partial charge in [-0.05, 0) is 50.3 Å². The summed E-state index contributed by atoms with van der Waals surface area (Å²) >= 11 is 1.40. The molecule has 3 rings (SSSR count). The molecular formula is C20H30N4O3S2. The molecule has 1 amide bonds. The van der Waals surface area contributed by atoms with E-state index in [1.165, 1.54) is 56.0 Å². The smallest absolute Gasteiger partial charge is 0.238 e. The van der Waals surface area contributed by atoms with Crippen LogP contribution >= 0.6 is 11.8 Å². The zero-order chi connectivity index (χ0) is 21.0. The number of nitrogens with two attached hydrogens (primary N) is 1. The molecule has 2 aromatic rings. The molecule has 0 bridgehead atoms. The van der Waals surface area contributed by atoms with Gasteiger partial charge in [-0.15, -0.1) is 0 Å². The molecule has 29 heavy (non-hydrogen) atoms. The number of carbonyl (C=O) groups is 1. The Hall–Kier alpha value is -1.58. The van der Waals surface area contributed by atoms with Crippen molar-refractivity contribution in [1.29, 1.82) is 0 Å². The number of nitrogens with one attached hydrogen (secondary N) is 1. The van der Waals surface area contributed by atoms with Crippen molar-refractivity contribution in [2.24, 2.45) is 11.1 Å². The summed E-state index contributed by atoms with van der Waals surface area (Å²) < 4.78 is 25.3. The van der Waals surface area contributed by atoms with Crippen molar-refractivity contribution in [2.45, 2.75) is 74.2 Å². The molecule has 1 saturated carbocycles. The summed E-state index contributed by atoms with van der Waals surface area (Å²) in [6, 6.07) is 4.73. The predicted octanol–water partition coefficient (Wildman–Crippen LogP) is 3.27. The van der Waals surface area contributed by atoms with Gasteiger partial charge in [0.15, 0.2) is 5.16 Å². The number of imidazole rings is 1. The first-order valence-corrected chi connectivity index (χ1v) is 12.7. The van der Waals surface area contributed by atoms with E-state index in [9.17, 15) is 13.2 Å². The van der Waals surface area contributed by atoms with Crippen molar-refractivity contribution in [3.8, 4) is 0 Å². The number of amides is 1. The molecule has 1 aliphatic rings. The summed E-state index contributed by atoms with van der Waals surface area (Å²) in [5, 5.41) is 8.77. The third-order valence-electron chi connectivity index (χ3n) is 5.40. The van der Waals surface area contributed by atoms with Gasteiger partial charge in [-0.3, -0.25) is 4.79 Å². The summed E-state index contributed by atoms with van der Waals surface area (Å²) in [6.07, 6.45) is 7.11. The van der Waals surface area contributed by atoms with Gasteiger partial charge in [-0.2, -0.15) is 0 Å². The molecule has 1 heterocycles. The van der Waals surface area contributed by atoms with Crippen molar-refractivity contribution >= 4 is 38.7 Å². The van der Waals surface area contributed by atoms with Crippen molar-refractivity contribution in [3.05, 3.63) is 18.2 Å². The molecule has 3 N–H and O–H groups in total. The molecule has 7 nitrogen and oxygen atoms in total. The van der Waals surface area contributed by atoms with Gasteiger partial charge in [0.05, 0.1) is 21.2 Å². The SMILES string of the molecule is CCCn1c(SC(C)C(=O)NCC2CCCCC2)nc2cc(S(N)(=O)=O)ccc21. The zero-order valence-electron chi connectivity index (χ0n) is 17.1. The van der Waals surface area contributed by atoms with Gasteiger partial charge in [0.1, 0.15) is 0 Å². The quantitative estimate of drug-likeness (QED) is 0.615. The van der Waals surface area contributed by atoms with Crippen LogP contribution in [0.1, 0.15) is 52.4 Å². The van der Waals surface area contributed by atoms with Gasteiger partial charge >= 0.3 is 0 Å². The van der Waals surface area contributed by atoms with Crippen LogP contribution in [0, 0.1) is 5.92 Å². The minimum Gasteiger partial charge on any atom is -0.355 e. The van der Waals surface area contributed by atoms with Gasteiger partial charge in [-0.1, -0.05) is 37.9 Å². The van der Waals surface area contributed by atoms with Gasteiger partial charge in [-0.25, -0.2) is 18.5 Å². The number of hydrogen-bond donors (Lipinski definition) is 2. The number of fused-ring (bicyclic) bond motifs is 1. The molecule has 1 aliphatic carbocycles. The largest absolute Gasteiger partial charge is 0.355 e. The molecule has 0 radical (unpaired) electrons. The van der Waals surface area contributed by atoms with Crippen molar-refractivity contribution in [1.82, 2.24) is 14.9 Å². The Labute approximate surface area is 176 Å². The van der Waals surface area contributed by atoms with E-state index in [0.717, 1.165) is 25.0 Å². The lowest BCUT2D eigenvalue weighted by atomic mass is 9.89. The zero-order valence-corrected chi connectivity index (χ0v) is 18.7. The number of sulfonamides is 1. The Morgan fingerprint density at radius 2 is 2.07 bits per heavy atom. The van der Waals surface area contributed by atoms with E-state index < -0.39 is 10.0 Å². The predicted molar refractivity (Wildman–Crippen MR) is 116 cm³/mol. The first-order valence-electron chi connectivity index (χ1n) is 10.3. The number of carbonyl (C=O) groups excluding carboxylic acids is 1. The van der Waals surface area contributed by atoms with Gasteiger partial charge in [0.2, 0.25) is 15.9 Å². The van der Waals surface area contributed by atoms with Crippen LogP contribution in [0.3, 0.4) is 0 Å². The van der Waals surface area contributed by atoms with E-state index in [4.69, 9.17) is 5.14 Å². The number of thioether (sulfide) groups is 1. The molecule has 9 heteroatoms. The standard InChI is InChI=1S/C20H30N4O3S2/c1-3-11-24-18-10-9-16(29(21,26)27)12-17(18)23-20(24)28-14(2)19(25)22-13-15-7-5-4-6-8-15/h9-10,12,14-15H,3-8,11,13H2,1-2H3,(H,22,25)(H2,21,26,27). The fourth-order valence-electron chi connectivity index (χ4n) is 3.79. The minimum absolute atomic E-state index is 0.0147. The van der Waals surface area contributed by atoms with Crippen LogP contribution in [0.4, 0.5) is 0 Å². The minimum atomic E-state index is -3.78. The molecular weight excluding hydrogens is 408 g/mol. The van der Waals surface area contributed by atoms with E-state index in [0.29, 0.717) is 16.6 Å². The maximum Gasteiger partial charge on any atom is 0.238 e. The lowest BCUT2D eigenvalue weighted by Crippen LogP contribution is -2.35. The summed E-state index contributed by atoms with van der Waals surface area (Å²) in [5.41, 5.74) is 1.42.